The van der Waals surface area contributed by atoms with Crippen molar-refractivity contribution in [3.05, 3.63) is 42.0 Å². The van der Waals surface area contributed by atoms with Crippen LogP contribution in [-0.2, 0) is 24.3 Å². The number of anilines is 1. The van der Waals surface area contributed by atoms with Crippen molar-refractivity contribution in [2.45, 2.75) is 4.90 Å². The van der Waals surface area contributed by atoms with E-state index in [4.69, 9.17) is 18.9 Å². The van der Waals surface area contributed by atoms with Gasteiger partial charge in [-0.15, -0.1) is 0 Å². The molecular formula is C19H21NO9S. The third kappa shape index (κ3) is 5.32. The van der Waals surface area contributed by atoms with Crippen molar-refractivity contribution < 1.29 is 41.7 Å². The van der Waals surface area contributed by atoms with Gasteiger partial charge in [-0.05, 0) is 24.3 Å². The van der Waals surface area contributed by atoms with Gasteiger partial charge in [0.2, 0.25) is 0 Å². The van der Waals surface area contributed by atoms with Crippen LogP contribution in [0, 0.1) is 0 Å². The lowest BCUT2D eigenvalue weighted by Crippen LogP contribution is -2.17. The van der Waals surface area contributed by atoms with Gasteiger partial charge in [-0.25, -0.2) is 18.0 Å². The zero-order chi connectivity index (χ0) is 22.3. The van der Waals surface area contributed by atoms with Crippen molar-refractivity contribution in [2.75, 3.05) is 39.8 Å². The summed E-state index contributed by atoms with van der Waals surface area (Å²) in [5.74, 6) is -0.611. The van der Waals surface area contributed by atoms with E-state index in [9.17, 15) is 18.0 Å². The molecule has 1 N–H and O–H groups in total. The fraction of sp³-hybridized carbons (Fsp3) is 0.263. The Morgan fingerprint density at radius 2 is 1.50 bits per heavy atom. The van der Waals surface area contributed by atoms with Gasteiger partial charge in [-0.1, -0.05) is 0 Å². The fourth-order valence-corrected chi connectivity index (χ4v) is 3.43. The molecule has 162 valence electrons. The van der Waals surface area contributed by atoms with Gasteiger partial charge in [0.15, 0.2) is 18.1 Å². The first kappa shape index (κ1) is 22.8. The molecule has 0 spiro atoms. The number of esters is 2. The van der Waals surface area contributed by atoms with Crippen LogP contribution in [0.4, 0.5) is 5.69 Å². The molecule has 0 aromatic heterocycles. The van der Waals surface area contributed by atoms with Gasteiger partial charge in [0, 0.05) is 12.1 Å². The normalized spacial score (nSPS) is 10.7. The second kappa shape index (κ2) is 9.83. The number of nitrogens with one attached hydrogen (secondary N) is 1. The van der Waals surface area contributed by atoms with E-state index in [2.05, 4.69) is 9.46 Å². The lowest BCUT2D eigenvalue weighted by Gasteiger charge is -2.15. The van der Waals surface area contributed by atoms with Gasteiger partial charge in [-0.2, -0.15) is 0 Å². The van der Waals surface area contributed by atoms with E-state index in [1.807, 2.05) is 0 Å². The summed E-state index contributed by atoms with van der Waals surface area (Å²) in [5, 5.41) is 0. The van der Waals surface area contributed by atoms with Crippen LogP contribution in [0.25, 0.3) is 0 Å². The minimum absolute atomic E-state index is 0.0504. The van der Waals surface area contributed by atoms with E-state index in [1.165, 1.54) is 64.8 Å². The Labute approximate surface area is 173 Å². The van der Waals surface area contributed by atoms with Crippen LogP contribution in [0.2, 0.25) is 0 Å². The van der Waals surface area contributed by atoms with E-state index in [1.54, 1.807) is 0 Å². The Hall–Kier alpha value is -3.47. The third-order valence-corrected chi connectivity index (χ3v) is 5.27. The van der Waals surface area contributed by atoms with Crippen LogP contribution in [0.15, 0.2) is 41.3 Å². The maximum Gasteiger partial charge on any atom is 0.343 e. The van der Waals surface area contributed by atoms with Gasteiger partial charge >= 0.3 is 11.9 Å². The van der Waals surface area contributed by atoms with Gasteiger partial charge in [0.25, 0.3) is 10.0 Å². The number of hydrogen-bond donors (Lipinski definition) is 1. The molecule has 0 radical (unpaired) electrons. The lowest BCUT2D eigenvalue weighted by atomic mass is 10.1. The van der Waals surface area contributed by atoms with Crippen molar-refractivity contribution in [3.63, 3.8) is 0 Å². The Morgan fingerprint density at radius 1 is 0.900 bits per heavy atom. The molecule has 0 aliphatic carbocycles. The molecule has 0 unspecified atom stereocenters. The molecule has 2 aromatic rings. The molecule has 0 bridgehead atoms. The zero-order valence-electron chi connectivity index (χ0n) is 16.8. The number of hydrogen-bond acceptors (Lipinski definition) is 9. The highest BCUT2D eigenvalue weighted by atomic mass is 32.2. The molecule has 0 saturated carbocycles. The first-order valence-corrected chi connectivity index (χ1v) is 9.90. The van der Waals surface area contributed by atoms with Gasteiger partial charge in [-0.3, -0.25) is 4.72 Å². The quantitative estimate of drug-likeness (QED) is 0.582. The molecule has 0 saturated heterocycles. The third-order valence-electron chi connectivity index (χ3n) is 3.89. The average Bonchev–Trinajstić information content (AvgIpc) is 2.76. The predicted molar refractivity (Wildman–Crippen MR) is 106 cm³/mol. The fourth-order valence-electron chi connectivity index (χ4n) is 2.36. The smallest absolute Gasteiger partial charge is 0.343 e. The molecular weight excluding hydrogens is 418 g/mol. The van der Waals surface area contributed by atoms with Crippen LogP contribution in [-0.4, -0.2) is 55.4 Å². The van der Waals surface area contributed by atoms with Crippen LogP contribution >= 0.6 is 0 Å². The molecule has 0 atom stereocenters. The van der Waals surface area contributed by atoms with Crippen LogP contribution in [0.1, 0.15) is 10.4 Å². The molecule has 2 aromatic carbocycles. The zero-order valence-corrected chi connectivity index (χ0v) is 17.6. The summed E-state index contributed by atoms with van der Waals surface area (Å²) in [6.07, 6.45) is 0. The van der Waals surface area contributed by atoms with Gasteiger partial charge in [0.05, 0.1) is 44.6 Å². The standard InChI is InChI=1S/C19H21NO9S/c1-25-16-9-14(19(22)28-4)15(10-17(16)26-2)20-30(23,24)13-7-5-12(6-8-13)29-11-18(21)27-3/h5-10,20H,11H2,1-4H3. The van der Waals surface area contributed by atoms with E-state index in [-0.39, 0.29) is 40.0 Å². The molecule has 0 aliphatic heterocycles. The Bertz CT molecular complexity index is 1020. The Balaban J connectivity index is 2.33. The summed E-state index contributed by atoms with van der Waals surface area (Å²) < 4.78 is 52.6. The van der Waals surface area contributed by atoms with Gasteiger partial charge in [0.1, 0.15) is 5.75 Å². The molecule has 0 aliphatic rings. The molecule has 2 rings (SSSR count). The summed E-state index contributed by atoms with van der Waals surface area (Å²) in [6.45, 7) is -0.311. The van der Waals surface area contributed by atoms with E-state index >= 15 is 0 Å². The van der Waals surface area contributed by atoms with Crippen LogP contribution in [0.5, 0.6) is 17.2 Å². The number of methoxy groups -OCH3 is 4. The maximum atomic E-state index is 12.8. The number of carbonyl (C=O) groups is 2. The first-order valence-electron chi connectivity index (χ1n) is 8.42. The Morgan fingerprint density at radius 3 is 2.03 bits per heavy atom. The lowest BCUT2D eigenvalue weighted by molar-refractivity contribution is -0.142. The molecule has 0 fully saturated rings. The van der Waals surface area contributed by atoms with Crippen LogP contribution < -0.4 is 18.9 Å². The highest BCUT2D eigenvalue weighted by Gasteiger charge is 2.22. The van der Waals surface area contributed by atoms with Crippen molar-refractivity contribution in [1.82, 2.24) is 0 Å². The highest BCUT2D eigenvalue weighted by molar-refractivity contribution is 7.92. The molecule has 11 heteroatoms. The maximum absolute atomic E-state index is 12.8. The van der Waals surface area contributed by atoms with E-state index in [0.29, 0.717) is 0 Å². The second-order valence-electron chi connectivity index (χ2n) is 5.69. The van der Waals surface area contributed by atoms with Crippen molar-refractivity contribution in [3.8, 4) is 17.2 Å². The van der Waals surface area contributed by atoms with Crippen molar-refractivity contribution in [2.24, 2.45) is 0 Å². The Kier molecular flexibility index (Phi) is 7.48. The molecule has 0 heterocycles. The van der Waals surface area contributed by atoms with Crippen molar-refractivity contribution >= 4 is 27.6 Å². The largest absolute Gasteiger partial charge is 0.493 e. The first-order chi connectivity index (χ1) is 14.2. The summed E-state index contributed by atoms with van der Waals surface area (Å²) in [4.78, 5) is 23.1. The molecule has 30 heavy (non-hydrogen) atoms. The number of benzene rings is 2. The summed E-state index contributed by atoms with van der Waals surface area (Å²) in [5.41, 5.74) is -0.109. The summed E-state index contributed by atoms with van der Waals surface area (Å²) in [7, 11) is 1.08. The highest BCUT2D eigenvalue weighted by Crippen LogP contribution is 2.34. The topological polar surface area (TPSA) is 126 Å². The minimum atomic E-state index is -4.08. The van der Waals surface area contributed by atoms with E-state index in [0.717, 1.165) is 0 Å². The SMILES string of the molecule is COC(=O)COc1ccc(S(=O)(=O)Nc2cc(OC)c(OC)cc2C(=O)OC)cc1. The molecule has 0 amide bonds. The molecule has 10 nitrogen and oxygen atoms in total. The van der Waals surface area contributed by atoms with Crippen molar-refractivity contribution in [1.29, 1.82) is 0 Å². The average molecular weight is 439 g/mol. The summed E-state index contributed by atoms with van der Waals surface area (Å²) >= 11 is 0. The van der Waals surface area contributed by atoms with Crippen LogP contribution in [0.3, 0.4) is 0 Å². The second-order valence-corrected chi connectivity index (χ2v) is 7.37. The number of carbonyl (C=O) groups excluding carboxylic acids is 2. The number of ether oxygens (including phenoxy) is 5. The van der Waals surface area contributed by atoms with E-state index < -0.39 is 22.0 Å². The monoisotopic (exact) mass is 439 g/mol. The number of sulfonamides is 1. The summed E-state index contributed by atoms with van der Waals surface area (Å²) in [6, 6.07) is 7.96. The van der Waals surface area contributed by atoms with Gasteiger partial charge < -0.3 is 23.7 Å². The number of rotatable bonds is 9. The minimum Gasteiger partial charge on any atom is -0.493 e. The predicted octanol–water partition coefficient (Wildman–Crippen LogP) is 1.84.